The Kier molecular flexibility index (Phi) is 5.11. The van der Waals surface area contributed by atoms with Crippen molar-refractivity contribution in [2.75, 3.05) is 22.9 Å². The standard InChI is InChI=1S/C17H22N6O3/c1-7(2-10-11(16(22)24)3-8(18)5-13(10)20)26-15-12(17(23)25)4-9(19)6-14(15)21/h3-7H,2,18-21H2,1H3,(H2,22,24)(H2,23,25). The number of hydrogen-bond acceptors (Lipinski definition) is 7. The molecule has 2 aromatic carbocycles. The van der Waals surface area contributed by atoms with Crippen molar-refractivity contribution in [3.63, 3.8) is 0 Å². The first-order chi connectivity index (χ1) is 12.1. The van der Waals surface area contributed by atoms with Crippen LogP contribution < -0.4 is 39.1 Å². The van der Waals surface area contributed by atoms with Crippen molar-refractivity contribution in [1.82, 2.24) is 0 Å². The number of anilines is 4. The predicted octanol–water partition coefficient (Wildman–Crippen LogP) is 0.223. The van der Waals surface area contributed by atoms with E-state index in [2.05, 4.69) is 0 Å². The second kappa shape index (κ2) is 7.09. The Morgan fingerprint density at radius 2 is 1.38 bits per heavy atom. The lowest BCUT2D eigenvalue weighted by Crippen LogP contribution is -2.23. The molecule has 2 amide bonds. The number of carbonyl (C=O) groups excluding carboxylic acids is 2. The third-order valence-corrected chi connectivity index (χ3v) is 3.79. The quantitative estimate of drug-likeness (QED) is 0.396. The molecule has 1 unspecified atom stereocenters. The van der Waals surface area contributed by atoms with E-state index in [4.69, 9.17) is 39.1 Å². The molecule has 0 heterocycles. The third kappa shape index (κ3) is 3.89. The van der Waals surface area contributed by atoms with Gasteiger partial charge in [-0.05, 0) is 36.8 Å². The highest BCUT2D eigenvalue weighted by Gasteiger charge is 2.20. The van der Waals surface area contributed by atoms with Crippen molar-refractivity contribution in [2.45, 2.75) is 19.4 Å². The molecule has 0 saturated heterocycles. The van der Waals surface area contributed by atoms with Gasteiger partial charge in [0, 0.05) is 29.0 Å². The summed E-state index contributed by atoms with van der Waals surface area (Å²) in [5.41, 5.74) is 35.9. The number of amides is 2. The molecule has 2 rings (SSSR count). The van der Waals surface area contributed by atoms with E-state index in [1.165, 1.54) is 24.3 Å². The largest absolute Gasteiger partial charge is 0.487 e. The molecule has 26 heavy (non-hydrogen) atoms. The summed E-state index contributed by atoms with van der Waals surface area (Å²) in [5, 5.41) is 0. The maximum atomic E-state index is 11.7. The number of rotatable bonds is 6. The van der Waals surface area contributed by atoms with Gasteiger partial charge in [-0.2, -0.15) is 0 Å². The Hall–Kier alpha value is -3.62. The van der Waals surface area contributed by atoms with Gasteiger partial charge in [-0.1, -0.05) is 0 Å². The van der Waals surface area contributed by atoms with Gasteiger partial charge in [-0.3, -0.25) is 9.59 Å². The number of carbonyl (C=O) groups is 2. The fourth-order valence-electron chi connectivity index (χ4n) is 2.68. The third-order valence-electron chi connectivity index (χ3n) is 3.79. The Morgan fingerprint density at radius 3 is 1.92 bits per heavy atom. The fraction of sp³-hybridized carbons (Fsp3) is 0.176. The van der Waals surface area contributed by atoms with Gasteiger partial charge in [0.05, 0.1) is 11.3 Å². The number of ether oxygens (including phenoxy) is 1. The highest BCUT2D eigenvalue weighted by molar-refractivity contribution is 5.99. The molecular weight excluding hydrogens is 336 g/mol. The first-order valence-corrected chi connectivity index (χ1v) is 7.73. The number of nitrogens with two attached hydrogens (primary N) is 6. The normalized spacial score (nSPS) is 11.7. The van der Waals surface area contributed by atoms with Crippen LogP contribution in [0.5, 0.6) is 5.75 Å². The molecule has 1 atom stereocenters. The number of primary amides is 2. The molecule has 0 spiro atoms. The maximum Gasteiger partial charge on any atom is 0.252 e. The van der Waals surface area contributed by atoms with E-state index in [1.54, 1.807) is 6.92 Å². The Balaban J connectivity index is 2.35. The number of benzene rings is 2. The van der Waals surface area contributed by atoms with Crippen LogP contribution >= 0.6 is 0 Å². The molecule has 12 N–H and O–H groups in total. The average Bonchev–Trinajstić information content (AvgIpc) is 2.51. The Morgan fingerprint density at radius 1 is 0.885 bits per heavy atom. The van der Waals surface area contributed by atoms with E-state index in [-0.39, 0.29) is 34.7 Å². The minimum absolute atomic E-state index is 0.0646. The molecule has 0 radical (unpaired) electrons. The maximum absolute atomic E-state index is 11.7. The van der Waals surface area contributed by atoms with E-state index in [9.17, 15) is 9.59 Å². The van der Waals surface area contributed by atoms with Gasteiger partial charge in [0.25, 0.3) is 5.91 Å². The van der Waals surface area contributed by atoms with Gasteiger partial charge in [0.1, 0.15) is 6.10 Å². The lowest BCUT2D eigenvalue weighted by atomic mass is 9.98. The van der Waals surface area contributed by atoms with Crippen molar-refractivity contribution in [2.24, 2.45) is 11.5 Å². The van der Waals surface area contributed by atoms with Gasteiger partial charge in [-0.15, -0.1) is 0 Å². The number of hydrogen-bond donors (Lipinski definition) is 6. The van der Waals surface area contributed by atoms with Crippen molar-refractivity contribution in [3.05, 3.63) is 41.0 Å². The fourth-order valence-corrected chi connectivity index (χ4v) is 2.68. The minimum atomic E-state index is -0.726. The smallest absolute Gasteiger partial charge is 0.252 e. The summed E-state index contributed by atoms with van der Waals surface area (Å²) < 4.78 is 5.80. The molecule has 9 nitrogen and oxygen atoms in total. The monoisotopic (exact) mass is 358 g/mol. The van der Waals surface area contributed by atoms with Crippen LogP contribution in [0.3, 0.4) is 0 Å². The summed E-state index contributed by atoms with van der Waals surface area (Å²) in [6.07, 6.45) is -0.282. The zero-order chi connectivity index (χ0) is 19.6. The lowest BCUT2D eigenvalue weighted by molar-refractivity contribution is 0.0989. The summed E-state index contributed by atoms with van der Waals surface area (Å²) in [4.78, 5) is 23.3. The van der Waals surface area contributed by atoms with Gasteiger partial charge in [0.2, 0.25) is 5.91 Å². The first-order valence-electron chi connectivity index (χ1n) is 7.73. The van der Waals surface area contributed by atoms with Crippen LogP contribution in [0.25, 0.3) is 0 Å². The number of nitrogen functional groups attached to an aromatic ring is 4. The van der Waals surface area contributed by atoms with Crippen molar-refractivity contribution in [1.29, 1.82) is 0 Å². The van der Waals surface area contributed by atoms with Crippen molar-refractivity contribution < 1.29 is 14.3 Å². The van der Waals surface area contributed by atoms with Crippen LogP contribution in [0.15, 0.2) is 24.3 Å². The minimum Gasteiger partial charge on any atom is -0.487 e. The summed E-state index contributed by atoms with van der Waals surface area (Å²) in [7, 11) is 0. The van der Waals surface area contributed by atoms with Gasteiger partial charge >= 0.3 is 0 Å². The van der Waals surface area contributed by atoms with Crippen molar-refractivity contribution in [3.8, 4) is 5.75 Å². The molecule has 0 aliphatic carbocycles. The molecule has 138 valence electrons. The summed E-state index contributed by atoms with van der Waals surface area (Å²) in [5.74, 6) is -1.26. The van der Waals surface area contributed by atoms with Crippen LogP contribution in [-0.2, 0) is 6.42 Å². The lowest BCUT2D eigenvalue weighted by Gasteiger charge is -2.20. The molecule has 0 fully saturated rings. The molecule has 0 aromatic heterocycles. The van der Waals surface area contributed by atoms with E-state index < -0.39 is 17.9 Å². The van der Waals surface area contributed by atoms with E-state index >= 15 is 0 Å². The van der Waals surface area contributed by atoms with E-state index in [1.807, 2.05) is 0 Å². The Labute approximate surface area is 150 Å². The molecule has 0 saturated carbocycles. The topological polar surface area (TPSA) is 199 Å². The van der Waals surface area contributed by atoms with Gasteiger partial charge in [0.15, 0.2) is 5.75 Å². The molecule has 0 aliphatic rings. The Bertz CT molecular complexity index is 810. The molecule has 0 aliphatic heterocycles. The summed E-state index contributed by atoms with van der Waals surface area (Å²) >= 11 is 0. The zero-order valence-electron chi connectivity index (χ0n) is 14.3. The van der Waals surface area contributed by atoms with E-state index in [0.717, 1.165) is 0 Å². The second-order valence-corrected chi connectivity index (χ2v) is 5.98. The summed E-state index contributed by atoms with van der Waals surface area (Å²) in [6, 6.07) is 5.82. The van der Waals surface area contributed by atoms with Crippen LogP contribution in [0.2, 0.25) is 0 Å². The molecular formula is C17H22N6O3. The van der Waals surface area contributed by atoms with Gasteiger partial charge in [-0.25, -0.2) is 0 Å². The summed E-state index contributed by atoms with van der Waals surface area (Å²) in [6.45, 7) is 1.72. The highest BCUT2D eigenvalue weighted by Crippen LogP contribution is 2.31. The van der Waals surface area contributed by atoms with Gasteiger partial charge < -0.3 is 39.1 Å². The average molecular weight is 358 g/mol. The van der Waals surface area contributed by atoms with Crippen LogP contribution in [-0.4, -0.2) is 17.9 Å². The SMILES string of the molecule is CC(Cc1c(N)cc(N)cc1C(N)=O)Oc1c(N)cc(N)cc1C(N)=O. The first kappa shape index (κ1) is 18.7. The van der Waals surface area contributed by atoms with Crippen molar-refractivity contribution >= 4 is 34.6 Å². The molecule has 9 heteroatoms. The predicted molar refractivity (Wildman–Crippen MR) is 101 cm³/mol. The molecule has 2 aromatic rings. The highest BCUT2D eigenvalue weighted by atomic mass is 16.5. The van der Waals surface area contributed by atoms with Crippen LogP contribution in [0, 0.1) is 0 Å². The van der Waals surface area contributed by atoms with Crippen LogP contribution in [0.1, 0.15) is 33.2 Å². The molecule has 0 bridgehead atoms. The second-order valence-electron chi connectivity index (χ2n) is 5.98. The van der Waals surface area contributed by atoms with E-state index in [0.29, 0.717) is 16.9 Å². The zero-order valence-corrected chi connectivity index (χ0v) is 14.3. The van der Waals surface area contributed by atoms with Crippen LogP contribution in [0.4, 0.5) is 22.7 Å².